The number of hydrogen-bond donors (Lipinski definition) is 0. The molecule has 4 aromatic rings. The molecule has 0 atom stereocenters. The molecule has 0 aliphatic carbocycles. The van der Waals surface area contributed by atoms with Crippen molar-refractivity contribution >= 4 is 27.8 Å². The molecule has 0 radical (unpaired) electrons. The van der Waals surface area contributed by atoms with E-state index in [1.165, 1.54) is 0 Å². The van der Waals surface area contributed by atoms with Crippen molar-refractivity contribution in [2.75, 3.05) is 31.1 Å². The molecule has 166 valence electrons. The summed E-state index contributed by atoms with van der Waals surface area (Å²) >= 11 is 3.36. The van der Waals surface area contributed by atoms with Gasteiger partial charge in [0, 0.05) is 44.1 Å². The van der Waals surface area contributed by atoms with Gasteiger partial charge < -0.3 is 9.80 Å². The number of hydrogen-bond acceptors (Lipinski definition) is 5. The average molecular weight is 503 g/mol. The molecule has 1 aliphatic rings. The molecule has 0 bridgehead atoms. The van der Waals surface area contributed by atoms with Crippen LogP contribution in [0.1, 0.15) is 0 Å². The van der Waals surface area contributed by atoms with Crippen molar-refractivity contribution in [3.8, 4) is 22.5 Å². The van der Waals surface area contributed by atoms with E-state index in [4.69, 9.17) is 5.10 Å². The van der Waals surface area contributed by atoms with E-state index in [0.29, 0.717) is 32.1 Å². The van der Waals surface area contributed by atoms with Crippen LogP contribution in [0.3, 0.4) is 0 Å². The van der Waals surface area contributed by atoms with Crippen molar-refractivity contribution < 1.29 is 4.79 Å². The predicted molar refractivity (Wildman–Crippen MR) is 132 cm³/mol. The minimum Gasteiger partial charge on any atom is -0.338 e. The van der Waals surface area contributed by atoms with E-state index in [9.17, 15) is 4.79 Å². The van der Waals surface area contributed by atoms with Crippen LogP contribution in [0.25, 0.3) is 22.5 Å². The number of halogens is 1. The molecule has 7 nitrogen and oxygen atoms in total. The molecule has 0 spiro atoms. The van der Waals surface area contributed by atoms with Crippen LogP contribution in [0.5, 0.6) is 0 Å². The zero-order valence-electron chi connectivity index (χ0n) is 18.0. The largest absolute Gasteiger partial charge is 0.338 e. The monoisotopic (exact) mass is 502 g/mol. The van der Waals surface area contributed by atoms with Crippen LogP contribution in [-0.2, 0) is 11.3 Å². The van der Waals surface area contributed by atoms with Gasteiger partial charge in [-0.25, -0.2) is 9.97 Å². The van der Waals surface area contributed by atoms with Gasteiger partial charge in [-0.15, -0.1) is 0 Å². The van der Waals surface area contributed by atoms with E-state index >= 15 is 0 Å². The van der Waals surface area contributed by atoms with Crippen molar-refractivity contribution in [2.24, 2.45) is 0 Å². The first-order valence-corrected chi connectivity index (χ1v) is 11.7. The van der Waals surface area contributed by atoms with Gasteiger partial charge in [-0.2, -0.15) is 5.10 Å². The Hall–Kier alpha value is -3.52. The van der Waals surface area contributed by atoms with Crippen molar-refractivity contribution in [3.05, 3.63) is 83.6 Å². The second kappa shape index (κ2) is 9.54. The van der Waals surface area contributed by atoms with Gasteiger partial charge in [0.15, 0.2) is 0 Å². The molecule has 2 aromatic heterocycles. The lowest BCUT2D eigenvalue weighted by atomic mass is 10.1. The van der Waals surface area contributed by atoms with Crippen LogP contribution in [0.15, 0.2) is 83.6 Å². The first-order valence-electron chi connectivity index (χ1n) is 10.9. The molecule has 0 unspecified atom stereocenters. The smallest absolute Gasteiger partial charge is 0.244 e. The quantitative estimate of drug-likeness (QED) is 0.410. The molecule has 5 rings (SSSR count). The van der Waals surface area contributed by atoms with E-state index in [0.717, 1.165) is 27.0 Å². The van der Waals surface area contributed by atoms with Gasteiger partial charge in [-0.05, 0) is 27.6 Å². The Labute approximate surface area is 200 Å². The van der Waals surface area contributed by atoms with Crippen LogP contribution in [-0.4, -0.2) is 56.7 Å². The van der Waals surface area contributed by atoms with E-state index in [2.05, 4.69) is 36.9 Å². The first kappa shape index (κ1) is 21.3. The third-order valence-electron chi connectivity index (χ3n) is 5.73. The number of anilines is 1. The fraction of sp³-hybridized carbons (Fsp3) is 0.200. The maximum absolute atomic E-state index is 13.2. The predicted octanol–water partition coefficient (Wildman–Crippen LogP) is 4.12. The second-order valence-electron chi connectivity index (χ2n) is 7.87. The zero-order valence-corrected chi connectivity index (χ0v) is 19.6. The summed E-state index contributed by atoms with van der Waals surface area (Å²) in [6, 6.07) is 22.2. The molecular weight excluding hydrogens is 480 g/mol. The number of piperazine rings is 1. The summed E-state index contributed by atoms with van der Waals surface area (Å²) in [5.74, 6) is 0.752. The topological polar surface area (TPSA) is 67.2 Å². The Bertz CT molecular complexity index is 1220. The van der Waals surface area contributed by atoms with Crippen molar-refractivity contribution in [2.45, 2.75) is 6.54 Å². The lowest BCUT2D eigenvalue weighted by molar-refractivity contribution is -0.132. The third kappa shape index (κ3) is 4.80. The van der Waals surface area contributed by atoms with Crippen LogP contribution in [0.4, 0.5) is 5.95 Å². The van der Waals surface area contributed by atoms with E-state index in [1.807, 2.05) is 70.2 Å². The van der Waals surface area contributed by atoms with Crippen LogP contribution < -0.4 is 4.90 Å². The van der Waals surface area contributed by atoms with Gasteiger partial charge in [0.1, 0.15) is 6.54 Å². The third-order valence-corrected chi connectivity index (χ3v) is 6.14. The Morgan fingerprint density at radius 2 is 1.45 bits per heavy atom. The molecule has 8 heteroatoms. The van der Waals surface area contributed by atoms with Crippen LogP contribution in [0, 0.1) is 0 Å². The molecule has 0 N–H and O–H groups in total. The Morgan fingerprint density at radius 1 is 0.848 bits per heavy atom. The second-order valence-corrected chi connectivity index (χ2v) is 8.79. The number of carbonyl (C=O) groups excluding carboxylic acids is 1. The lowest BCUT2D eigenvalue weighted by Crippen LogP contribution is -2.50. The normalized spacial score (nSPS) is 13.8. The molecule has 0 saturated carbocycles. The minimum absolute atomic E-state index is 0.0614. The highest BCUT2D eigenvalue weighted by molar-refractivity contribution is 9.10. The summed E-state index contributed by atoms with van der Waals surface area (Å²) < 4.78 is 2.67. The van der Waals surface area contributed by atoms with E-state index in [-0.39, 0.29) is 12.5 Å². The van der Waals surface area contributed by atoms with Gasteiger partial charge in [-0.3, -0.25) is 9.48 Å². The van der Waals surface area contributed by atoms with E-state index < -0.39 is 0 Å². The molecule has 1 aliphatic heterocycles. The van der Waals surface area contributed by atoms with Gasteiger partial charge >= 0.3 is 0 Å². The maximum Gasteiger partial charge on any atom is 0.244 e. The fourth-order valence-electron chi connectivity index (χ4n) is 3.98. The van der Waals surface area contributed by atoms with Crippen molar-refractivity contribution in [3.63, 3.8) is 0 Å². The Balaban J connectivity index is 1.33. The summed E-state index contributed by atoms with van der Waals surface area (Å²) in [4.78, 5) is 25.9. The molecular formula is C25H23BrN6O. The summed E-state index contributed by atoms with van der Waals surface area (Å²) in [6.45, 7) is 2.86. The van der Waals surface area contributed by atoms with Crippen LogP contribution in [0.2, 0.25) is 0 Å². The molecule has 1 fully saturated rings. The highest BCUT2D eigenvalue weighted by Gasteiger charge is 2.24. The number of benzene rings is 2. The standard InChI is InChI=1S/C25H23BrN6O/c26-21-16-27-25(28-17-21)31-13-11-30(12-14-31)24(33)18-32-23(20-9-5-2-6-10-20)15-22(29-32)19-7-3-1-4-8-19/h1-10,15-17H,11-14,18H2. The number of amides is 1. The summed E-state index contributed by atoms with van der Waals surface area (Å²) in [7, 11) is 0. The first-order chi connectivity index (χ1) is 16.2. The van der Waals surface area contributed by atoms with Crippen LogP contribution >= 0.6 is 15.9 Å². The molecule has 1 saturated heterocycles. The van der Waals surface area contributed by atoms with Gasteiger partial charge in [0.2, 0.25) is 11.9 Å². The highest BCUT2D eigenvalue weighted by Crippen LogP contribution is 2.26. The summed E-state index contributed by atoms with van der Waals surface area (Å²) in [5.41, 5.74) is 3.87. The fourth-order valence-corrected chi connectivity index (χ4v) is 4.19. The van der Waals surface area contributed by atoms with E-state index in [1.54, 1.807) is 12.4 Å². The molecule has 1 amide bonds. The molecule has 2 aromatic carbocycles. The van der Waals surface area contributed by atoms with Crippen molar-refractivity contribution in [1.29, 1.82) is 0 Å². The summed E-state index contributed by atoms with van der Waals surface area (Å²) in [6.07, 6.45) is 3.49. The zero-order chi connectivity index (χ0) is 22.6. The Morgan fingerprint density at radius 3 is 2.09 bits per heavy atom. The highest BCUT2D eigenvalue weighted by atomic mass is 79.9. The van der Waals surface area contributed by atoms with Crippen molar-refractivity contribution in [1.82, 2.24) is 24.6 Å². The van der Waals surface area contributed by atoms with Gasteiger partial charge in [0.25, 0.3) is 0 Å². The maximum atomic E-state index is 13.2. The molecule has 3 heterocycles. The number of rotatable bonds is 5. The number of carbonyl (C=O) groups is 1. The minimum atomic E-state index is 0.0614. The van der Waals surface area contributed by atoms with Gasteiger partial charge in [-0.1, -0.05) is 60.7 Å². The average Bonchev–Trinajstić information content (AvgIpc) is 3.29. The lowest BCUT2D eigenvalue weighted by Gasteiger charge is -2.34. The SMILES string of the molecule is O=C(Cn1nc(-c2ccccc2)cc1-c1ccccc1)N1CCN(c2ncc(Br)cn2)CC1. The Kier molecular flexibility index (Phi) is 6.17. The number of aromatic nitrogens is 4. The molecule has 33 heavy (non-hydrogen) atoms. The number of nitrogens with zero attached hydrogens (tertiary/aromatic N) is 6. The van der Waals surface area contributed by atoms with Gasteiger partial charge in [0.05, 0.1) is 15.9 Å². The summed E-state index contributed by atoms with van der Waals surface area (Å²) in [5, 5.41) is 4.80.